The van der Waals surface area contributed by atoms with Crippen LogP contribution in [0, 0.1) is 17.6 Å². The molecule has 0 saturated carbocycles. The lowest BCUT2D eigenvalue weighted by Gasteiger charge is -2.35. The van der Waals surface area contributed by atoms with E-state index < -0.39 is 23.0 Å². The first-order chi connectivity index (χ1) is 10.1. The molecule has 1 N–H and O–H groups in total. The Morgan fingerprint density at radius 2 is 2.05 bits per heavy atom. The van der Waals surface area contributed by atoms with Gasteiger partial charge >= 0.3 is 0 Å². The fourth-order valence-corrected chi connectivity index (χ4v) is 3.26. The summed E-state index contributed by atoms with van der Waals surface area (Å²) >= 11 is 0. The Balaban J connectivity index is 1.77. The van der Waals surface area contributed by atoms with Crippen molar-refractivity contribution in [3.05, 3.63) is 35.4 Å². The van der Waals surface area contributed by atoms with Crippen molar-refractivity contribution in [2.24, 2.45) is 5.92 Å². The summed E-state index contributed by atoms with van der Waals surface area (Å²) < 4.78 is 27.3. The Kier molecular flexibility index (Phi) is 3.71. The standard InChI is InChI=1S/C15H16F2N2O2/c16-10-4-1-5-11(17)14(10)13(20)8-19-6-2-3-9-12(19)7-18-15(9)21/h1,4-5,9,12H,2-3,6-8H2,(H,18,21). The van der Waals surface area contributed by atoms with Gasteiger partial charge in [0, 0.05) is 12.6 Å². The highest BCUT2D eigenvalue weighted by atomic mass is 19.1. The number of hydrogen-bond acceptors (Lipinski definition) is 3. The summed E-state index contributed by atoms with van der Waals surface area (Å²) in [6.07, 6.45) is 1.61. The van der Waals surface area contributed by atoms with E-state index in [0.29, 0.717) is 13.1 Å². The van der Waals surface area contributed by atoms with Crippen molar-refractivity contribution in [2.75, 3.05) is 19.6 Å². The van der Waals surface area contributed by atoms with E-state index in [2.05, 4.69) is 5.32 Å². The highest BCUT2D eigenvalue weighted by Crippen LogP contribution is 2.27. The Labute approximate surface area is 121 Å². The molecule has 2 aliphatic rings. The fraction of sp³-hybridized carbons (Fsp3) is 0.467. The van der Waals surface area contributed by atoms with E-state index in [1.165, 1.54) is 6.07 Å². The molecule has 21 heavy (non-hydrogen) atoms. The molecule has 0 aromatic heterocycles. The number of piperidine rings is 1. The van der Waals surface area contributed by atoms with Crippen LogP contribution in [-0.2, 0) is 4.79 Å². The Morgan fingerprint density at radius 3 is 2.76 bits per heavy atom. The van der Waals surface area contributed by atoms with Gasteiger partial charge in [-0.3, -0.25) is 14.5 Å². The molecule has 2 heterocycles. The molecule has 2 saturated heterocycles. The number of amides is 1. The minimum absolute atomic E-state index is 0.00854. The second-order valence-corrected chi connectivity index (χ2v) is 5.55. The molecule has 1 aromatic carbocycles. The zero-order valence-electron chi connectivity index (χ0n) is 11.4. The Hall–Kier alpha value is -1.82. The molecule has 3 rings (SSSR count). The van der Waals surface area contributed by atoms with E-state index in [9.17, 15) is 18.4 Å². The maximum atomic E-state index is 13.6. The Bertz CT molecular complexity index is 571. The zero-order valence-corrected chi connectivity index (χ0v) is 11.4. The Morgan fingerprint density at radius 1 is 1.33 bits per heavy atom. The third-order valence-corrected chi connectivity index (χ3v) is 4.30. The number of likely N-dealkylation sites (tertiary alicyclic amines) is 1. The van der Waals surface area contributed by atoms with Crippen molar-refractivity contribution in [3.63, 3.8) is 0 Å². The quantitative estimate of drug-likeness (QED) is 0.856. The first kappa shape index (κ1) is 14.1. The molecule has 2 atom stereocenters. The fourth-order valence-electron chi connectivity index (χ4n) is 3.26. The lowest BCUT2D eigenvalue weighted by atomic mass is 9.91. The molecular formula is C15H16F2N2O2. The van der Waals surface area contributed by atoms with Gasteiger partial charge in [-0.05, 0) is 31.5 Å². The molecule has 112 valence electrons. The van der Waals surface area contributed by atoms with Crippen LogP contribution < -0.4 is 5.32 Å². The van der Waals surface area contributed by atoms with Gasteiger partial charge in [0.25, 0.3) is 0 Å². The van der Waals surface area contributed by atoms with Crippen molar-refractivity contribution < 1.29 is 18.4 Å². The van der Waals surface area contributed by atoms with Gasteiger partial charge in [-0.1, -0.05) is 6.07 Å². The number of fused-ring (bicyclic) bond motifs is 1. The van der Waals surface area contributed by atoms with Gasteiger partial charge in [-0.15, -0.1) is 0 Å². The monoisotopic (exact) mass is 294 g/mol. The van der Waals surface area contributed by atoms with Gasteiger partial charge in [0.05, 0.1) is 18.0 Å². The van der Waals surface area contributed by atoms with Gasteiger partial charge in [-0.2, -0.15) is 0 Å². The number of carbonyl (C=O) groups excluding carboxylic acids is 2. The van der Waals surface area contributed by atoms with Crippen molar-refractivity contribution >= 4 is 11.7 Å². The third-order valence-electron chi connectivity index (χ3n) is 4.30. The smallest absolute Gasteiger partial charge is 0.224 e. The number of carbonyl (C=O) groups is 2. The van der Waals surface area contributed by atoms with Crippen molar-refractivity contribution in [2.45, 2.75) is 18.9 Å². The van der Waals surface area contributed by atoms with Gasteiger partial charge in [-0.25, -0.2) is 8.78 Å². The molecule has 4 nitrogen and oxygen atoms in total. The van der Waals surface area contributed by atoms with Crippen molar-refractivity contribution in [3.8, 4) is 0 Å². The molecular weight excluding hydrogens is 278 g/mol. The third kappa shape index (κ3) is 2.55. The van der Waals surface area contributed by atoms with Crippen LogP contribution in [0.4, 0.5) is 8.78 Å². The minimum atomic E-state index is -0.839. The summed E-state index contributed by atoms with van der Waals surface area (Å²) in [5, 5.41) is 2.79. The average molecular weight is 294 g/mol. The predicted molar refractivity (Wildman–Crippen MR) is 71.8 cm³/mol. The highest BCUT2D eigenvalue weighted by Gasteiger charge is 2.41. The molecule has 2 unspecified atom stereocenters. The lowest BCUT2D eigenvalue weighted by molar-refractivity contribution is -0.124. The zero-order chi connectivity index (χ0) is 15.0. The highest BCUT2D eigenvalue weighted by molar-refractivity contribution is 5.98. The largest absolute Gasteiger partial charge is 0.354 e. The molecule has 0 spiro atoms. The predicted octanol–water partition coefficient (Wildman–Crippen LogP) is 1.36. The number of hydrogen-bond donors (Lipinski definition) is 1. The van der Waals surface area contributed by atoms with Gasteiger partial charge < -0.3 is 5.32 Å². The first-order valence-electron chi connectivity index (χ1n) is 7.07. The van der Waals surface area contributed by atoms with Crippen LogP contribution in [-0.4, -0.2) is 42.3 Å². The molecule has 0 bridgehead atoms. The van der Waals surface area contributed by atoms with Gasteiger partial charge in [0.15, 0.2) is 5.78 Å². The summed E-state index contributed by atoms with van der Waals surface area (Å²) in [6.45, 7) is 1.10. The molecule has 0 aliphatic carbocycles. The van der Waals surface area contributed by atoms with Crippen molar-refractivity contribution in [1.82, 2.24) is 10.2 Å². The molecule has 0 radical (unpaired) electrons. The molecule has 2 fully saturated rings. The normalized spacial score (nSPS) is 25.5. The summed E-state index contributed by atoms with van der Waals surface area (Å²) in [6, 6.07) is 3.34. The second kappa shape index (κ2) is 5.52. The average Bonchev–Trinajstić information content (AvgIpc) is 2.82. The van der Waals surface area contributed by atoms with Crippen LogP contribution in [0.25, 0.3) is 0 Å². The van der Waals surface area contributed by atoms with E-state index in [1.54, 1.807) is 0 Å². The van der Waals surface area contributed by atoms with Crippen LogP contribution in [0.15, 0.2) is 18.2 Å². The molecule has 2 aliphatic heterocycles. The number of halogens is 2. The molecule has 1 amide bonds. The van der Waals surface area contributed by atoms with Gasteiger partial charge in [0.2, 0.25) is 5.91 Å². The van der Waals surface area contributed by atoms with Crippen LogP contribution in [0.5, 0.6) is 0 Å². The van der Waals surface area contributed by atoms with E-state index >= 15 is 0 Å². The molecule has 1 aromatic rings. The maximum absolute atomic E-state index is 13.6. The number of Topliss-reactive ketones (excluding diaryl/α,β-unsaturated/α-hetero) is 1. The van der Waals surface area contributed by atoms with Gasteiger partial charge in [0.1, 0.15) is 11.6 Å². The van der Waals surface area contributed by atoms with Crippen LogP contribution in [0.1, 0.15) is 23.2 Å². The number of benzene rings is 1. The SMILES string of the molecule is O=C(CN1CCCC2C(=O)NCC21)c1c(F)cccc1F. The van der Waals surface area contributed by atoms with Crippen LogP contribution in [0.2, 0.25) is 0 Å². The number of ketones is 1. The summed E-state index contributed by atoms with van der Waals surface area (Å²) in [7, 11) is 0. The summed E-state index contributed by atoms with van der Waals surface area (Å²) in [4.78, 5) is 25.7. The van der Waals surface area contributed by atoms with Crippen molar-refractivity contribution in [1.29, 1.82) is 0 Å². The van der Waals surface area contributed by atoms with Crippen LogP contribution in [0.3, 0.4) is 0 Å². The maximum Gasteiger partial charge on any atom is 0.224 e. The lowest BCUT2D eigenvalue weighted by Crippen LogP contribution is -2.47. The topological polar surface area (TPSA) is 49.4 Å². The van der Waals surface area contributed by atoms with E-state index in [-0.39, 0.29) is 24.4 Å². The first-order valence-corrected chi connectivity index (χ1v) is 7.07. The number of nitrogens with zero attached hydrogens (tertiary/aromatic N) is 1. The van der Waals surface area contributed by atoms with Crippen LogP contribution >= 0.6 is 0 Å². The number of nitrogens with one attached hydrogen (secondary N) is 1. The van der Waals surface area contributed by atoms with E-state index in [0.717, 1.165) is 25.0 Å². The minimum Gasteiger partial charge on any atom is -0.354 e. The molecule has 6 heteroatoms. The second-order valence-electron chi connectivity index (χ2n) is 5.55. The number of rotatable bonds is 3. The summed E-state index contributed by atoms with van der Waals surface area (Å²) in [5.74, 6) is -2.36. The van der Waals surface area contributed by atoms with E-state index in [4.69, 9.17) is 0 Å². The van der Waals surface area contributed by atoms with E-state index in [1.807, 2.05) is 4.90 Å². The summed E-state index contributed by atoms with van der Waals surface area (Å²) in [5.41, 5.74) is -0.489.